The number of rotatable bonds is 3. The third kappa shape index (κ3) is 2.42. The number of ketones is 1. The van der Waals surface area contributed by atoms with Gasteiger partial charge in [-0.3, -0.25) is 4.79 Å². The number of piperidine rings is 2. The predicted octanol–water partition coefficient (Wildman–Crippen LogP) is 3.70. The first-order valence-electron chi connectivity index (χ1n) is 8.41. The van der Waals surface area contributed by atoms with Crippen LogP contribution in [0.2, 0.25) is 0 Å². The number of fused-ring (bicyclic) bond motifs is 3. The number of phenols is 1. The van der Waals surface area contributed by atoms with Crippen LogP contribution in [0, 0.1) is 5.92 Å². The van der Waals surface area contributed by atoms with Gasteiger partial charge in [-0.1, -0.05) is 18.2 Å². The monoisotopic (exact) mass is 323 g/mol. The molecule has 4 nitrogen and oxygen atoms in total. The zero-order valence-electron chi connectivity index (χ0n) is 13.7. The lowest BCUT2D eigenvalue weighted by Crippen LogP contribution is -2.54. The number of hydrogen-bond donors (Lipinski definition) is 1. The van der Waals surface area contributed by atoms with Gasteiger partial charge in [0.1, 0.15) is 17.3 Å². The third-order valence-corrected chi connectivity index (χ3v) is 5.32. The summed E-state index contributed by atoms with van der Waals surface area (Å²) in [6.45, 7) is 0. The Morgan fingerprint density at radius 1 is 1.12 bits per heavy atom. The van der Waals surface area contributed by atoms with Crippen molar-refractivity contribution in [1.82, 2.24) is 0 Å². The number of phenolic OH excluding ortho intramolecular Hbond substituents is 1. The Morgan fingerprint density at radius 2 is 1.92 bits per heavy atom. The minimum absolute atomic E-state index is 0.0192. The summed E-state index contributed by atoms with van der Waals surface area (Å²) in [4.78, 5) is 14.9. The lowest BCUT2D eigenvalue weighted by atomic mass is 9.71. The topological polar surface area (TPSA) is 49.8 Å². The highest BCUT2D eigenvalue weighted by Gasteiger charge is 2.47. The number of carbonyl (C=O) groups excluding carboxylic acids is 1. The zero-order chi connectivity index (χ0) is 16.7. The van der Waals surface area contributed by atoms with Crippen LogP contribution in [-0.2, 0) is 4.79 Å². The quantitative estimate of drug-likeness (QED) is 0.936. The van der Waals surface area contributed by atoms with Crippen LogP contribution < -0.4 is 9.64 Å². The second-order valence-electron chi connectivity index (χ2n) is 6.65. The molecule has 2 aliphatic heterocycles. The highest BCUT2D eigenvalue weighted by molar-refractivity contribution is 5.86. The van der Waals surface area contributed by atoms with E-state index >= 15 is 0 Å². The molecule has 2 saturated heterocycles. The molecular formula is C20H21NO3. The minimum Gasteiger partial charge on any atom is -0.508 e. The van der Waals surface area contributed by atoms with E-state index in [1.807, 2.05) is 30.3 Å². The Balaban J connectivity index is 1.79. The molecule has 0 amide bonds. The van der Waals surface area contributed by atoms with Gasteiger partial charge < -0.3 is 14.7 Å². The molecule has 3 aliphatic rings. The minimum atomic E-state index is 0.0192. The van der Waals surface area contributed by atoms with Crippen LogP contribution in [-0.4, -0.2) is 24.0 Å². The molecule has 2 heterocycles. The highest BCUT2D eigenvalue weighted by atomic mass is 16.5. The fraction of sp³-hybridized carbons (Fsp3) is 0.350. The van der Waals surface area contributed by atoms with Crippen LogP contribution >= 0.6 is 0 Å². The maximum absolute atomic E-state index is 12.5. The highest BCUT2D eigenvalue weighted by Crippen LogP contribution is 2.48. The molecule has 0 radical (unpaired) electrons. The van der Waals surface area contributed by atoms with E-state index < -0.39 is 0 Å². The number of hydrogen-bond acceptors (Lipinski definition) is 4. The van der Waals surface area contributed by atoms with E-state index in [0.717, 1.165) is 29.8 Å². The van der Waals surface area contributed by atoms with Gasteiger partial charge in [-0.25, -0.2) is 0 Å². The fourth-order valence-corrected chi connectivity index (χ4v) is 4.22. The Labute approximate surface area is 141 Å². The molecule has 3 fully saturated rings. The number of Topliss-reactive ketones (excluding diaryl/α,β-unsaturated/α-hetero) is 1. The standard InChI is InChI=1S/C20H21NO3/c1-24-17-4-2-3-14(11-17)21-15-7-10-18(19(23)12-15)20(21)13-5-8-16(22)9-6-13/h2-6,8-9,11,15,18,20,22H,7,10,12H2,1H3. The van der Waals surface area contributed by atoms with Gasteiger partial charge in [0.15, 0.2) is 0 Å². The molecule has 5 rings (SSSR count). The Hall–Kier alpha value is -2.49. The molecule has 2 aromatic carbocycles. The van der Waals surface area contributed by atoms with Crippen LogP contribution in [0.5, 0.6) is 11.5 Å². The van der Waals surface area contributed by atoms with Crippen molar-refractivity contribution in [2.75, 3.05) is 12.0 Å². The van der Waals surface area contributed by atoms with Crippen molar-refractivity contribution in [2.45, 2.75) is 31.3 Å². The van der Waals surface area contributed by atoms with Crippen molar-refractivity contribution >= 4 is 11.5 Å². The number of benzene rings is 2. The van der Waals surface area contributed by atoms with Crippen molar-refractivity contribution < 1.29 is 14.6 Å². The zero-order valence-corrected chi connectivity index (χ0v) is 13.7. The van der Waals surface area contributed by atoms with E-state index in [9.17, 15) is 9.90 Å². The van der Waals surface area contributed by atoms with Gasteiger partial charge in [-0.05, 0) is 42.7 Å². The molecule has 1 N–H and O–H groups in total. The summed E-state index contributed by atoms with van der Waals surface area (Å²) < 4.78 is 5.38. The van der Waals surface area contributed by atoms with Crippen molar-refractivity contribution in [1.29, 1.82) is 0 Å². The molecular weight excluding hydrogens is 302 g/mol. The summed E-state index contributed by atoms with van der Waals surface area (Å²) in [6.07, 6.45) is 2.61. The maximum Gasteiger partial charge on any atom is 0.140 e. The first kappa shape index (κ1) is 15.1. The van der Waals surface area contributed by atoms with Crippen molar-refractivity contribution in [3.05, 3.63) is 54.1 Å². The molecule has 2 aromatic rings. The van der Waals surface area contributed by atoms with Crippen LogP contribution in [0.25, 0.3) is 0 Å². The second kappa shape index (κ2) is 5.86. The SMILES string of the molecule is COc1cccc(N2C3CCC(C(=O)C3)C2c2ccc(O)cc2)c1. The van der Waals surface area contributed by atoms with Gasteiger partial charge in [0, 0.05) is 30.1 Å². The fourth-order valence-electron chi connectivity index (χ4n) is 4.22. The van der Waals surface area contributed by atoms with E-state index in [-0.39, 0.29) is 23.8 Å². The second-order valence-corrected chi connectivity index (χ2v) is 6.65. The van der Waals surface area contributed by atoms with Crippen LogP contribution in [0.15, 0.2) is 48.5 Å². The van der Waals surface area contributed by atoms with Gasteiger partial charge in [0.2, 0.25) is 0 Å². The van der Waals surface area contributed by atoms with Crippen molar-refractivity contribution in [3.63, 3.8) is 0 Å². The average molecular weight is 323 g/mol. The summed E-state index contributed by atoms with van der Waals surface area (Å²) in [5, 5.41) is 9.59. The number of methoxy groups -OCH3 is 1. The first-order chi connectivity index (χ1) is 11.7. The van der Waals surface area contributed by atoms with E-state index in [1.165, 1.54) is 0 Å². The van der Waals surface area contributed by atoms with Crippen molar-refractivity contribution in [3.8, 4) is 11.5 Å². The van der Waals surface area contributed by atoms with Gasteiger partial charge >= 0.3 is 0 Å². The summed E-state index contributed by atoms with van der Waals surface area (Å²) in [5.41, 5.74) is 2.17. The summed E-state index contributed by atoms with van der Waals surface area (Å²) in [6, 6.07) is 15.6. The molecule has 1 aliphatic carbocycles. The molecule has 3 unspecified atom stereocenters. The first-order valence-corrected chi connectivity index (χ1v) is 8.41. The Bertz CT molecular complexity index is 756. The van der Waals surface area contributed by atoms with Gasteiger partial charge in [0.05, 0.1) is 13.2 Å². The van der Waals surface area contributed by atoms with E-state index in [4.69, 9.17) is 4.74 Å². The van der Waals surface area contributed by atoms with Gasteiger partial charge in [0.25, 0.3) is 0 Å². The number of aromatic hydroxyl groups is 1. The lowest BCUT2D eigenvalue weighted by molar-refractivity contribution is -0.128. The smallest absolute Gasteiger partial charge is 0.140 e. The molecule has 0 aromatic heterocycles. The molecule has 3 atom stereocenters. The molecule has 124 valence electrons. The lowest BCUT2D eigenvalue weighted by Gasteiger charge is -2.52. The normalized spacial score (nSPS) is 25.8. The predicted molar refractivity (Wildman–Crippen MR) is 92.5 cm³/mol. The Morgan fingerprint density at radius 3 is 2.62 bits per heavy atom. The van der Waals surface area contributed by atoms with E-state index in [2.05, 4.69) is 11.0 Å². The summed E-state index contributed by atoms with van der Waals surface area (Å²) >= 11 is 0. The number of ether oxygens (including phenoxy) is 1. The van der Waals surface area contributed by atoms with E-state index in [1.54, 1.807) is 19.2 Å². The Kier molecular flexibility index (Phi) is 3.68. The average Bonchev–Trinajstić information content (AvgIpc) is 2.62. The van der Waals surface area contributed by atoms with Gasteiger partial charge in [-0.2, -0.15) is 0 Å². The number of nitrogens with zero attached hydrogens (tertiary/aromatic N) is 1. The van der Waals surface area contributed by atoms with Crippen LogP contribution in [0.3, 0.4) is 0 Å². The number of anilines is 1. The molecule has 0 spiro atoms. The van der Waals surface area contributed by atoms with Gasteiger partial charge in [-0.15, -0.1) is 0 Å². The molecule has 24 heavy (non-hydrogen) atoms. The van der Waals surface area contributed by atoms with Crippen molar-refractivity contribution in [2.24, 2.45) is 5.92 Å². The van der Waals surface area contributed by atoms with Crippen LogP contribution in [0.1, 0.15) is 30.9 Å². The molecule has 4 heteroatoms. The van der Waals surface area contributed by atoms with Crippen LogP contribution in [0.4, 0.5) is 5.69 Å². The summed E-state index contributed by atoms with van der Waals surface area (Å²) in [7, 11) is 1.67. The van der Waals surface area contributed by atoms with E-state index in [0.29, 0.717) is 12.2 Å². The molecule has 2 bridgehead atoms. The number of carbonyl (C=O) groups is 1. The maximum atomic E-state index is 12.5. The third-order valence-electron chi connectivity index (χ3n) is 5.32. The summed E-state index contributed by atoms with van der Waals surface area (Å²) in [5.74, 6) is 1.46. The molecule has 1 saturated carbocycles. The largest absolute Gasteiger partial charge is 0.508 e.